The summed E-state index contributed by atoms with van der Waals surface area (Å²) in [5, 5.41) is 2.50. The third kappa shape index (κ3) is 2.29. The van der Waals surface area contributed by atoms with Crippen molar-refractivity contribution in [2.75, 3.05) is 13.1 Å². The van der Waals surface area contributed by atoms with Gasteiger partial charge in [0, 0.05) is 20.0 Å². The first kappa shape index (κ1) is 10.6. The van der Waals surface area contributed by atoms with Crippen LogP contribution in [0.5, 0.6) is 0 Å². The van der Waals surface area contributed by atoms with Crippen LogP contribution in [0.2, 0.25) is 0 Å². The van der Waals surface area contributed by atoms with Crippen molar-refractivity contribution >= 4 is 17.7 Å². The van der Waals surface area contributed by atoms with Crippen molar-refractivity contribution in [1.29, 1.82) is 0 Å². The highest BCUT2D eigenvalue weighted by Gasteiger charge is 2.35. The minimum absolute atomic E-state index is 0.0684. The number of likely N-dealkylation sites (tertiary alicyclic amines) is 1. The molecule has 1 atom stereocenters. The van der Waals surface area contributed by atoms with Gasteiger partial charge in [-0.2, -0.15) is 0 Å². The number of imide groups is 1. The van der Waals surface area contributed by atoms with Gasteiger partial charge < -0.3 is 11.1 Å². The number of amides is 3. The van der Waals surface area contributed by atoms with Gasteiger partial charge in [-0.25, -0.2) is 0 Å². The lowest BCUT2D eigenvalue weighted by Crippen LogP contribution is -2.40. The average molecular weight is 199 g/mol. The molecule has 1 fully saturated rings. The molecule has 1 unspecified atom stereocenters. The van der Waals surface area contributed by atoms with Crippen LogP contribution in [0.4, 0.5) is 0 Å². The van der Waals surface area contributed by atoms with E-state index in [1.807, 2.05) is 0 Å². The Bertz CT molecular complexity index is 277. The summed E-state index contributed by atoms with van der Waals surface area (Å²) in [5.74, 6) is -0.818. The summed E-state index contributed by atoms with van der Waals surface area (Å²) in [7, 11) is 0. The van der Waals surface area contributed by atoms with Gasteiger partial charge in [0.25, 0.3) is 0 Å². The Kier molecular flexibility index (Phi) is 3.19. The van der Waals surface area contributed by atoms with Gasteiger partial charge >= 0.3 is 0 Å². The molecule has 0 aromatic carbocycles. The van der Waals surface area contributed by atoms with Crippen molar-refractivity contribution in [3.8, 4) is 0 Å². The Morgan fingerprint density at radius 3 is 2.71 bits per heavy atom. The first-order valence-corrected chi connectivity index (χ1v) is 4.36. The Labute approximate surface area is 81.4 Å². The third-order valence-electron chi connectivity index (χ3n) is 1.99. The largest absolute Gasteiger partial charge is 0.355 e. The molecule has 0 aromatic rings. The van der Waals surface area contributed by atoms with E-state index in [9.17, 15) is 14.4 Å². The molecule has 1 aliphatic heterocycles. The first-order valence-electron chi connectivity index (χ1n) is 4.36. The van der Waals surface area contributed by atoms with Crippen LogP contribution in [-0.4, -0.2) is 41.8 Å². The van der Waals surface area contributed by atoms with E-state index >= 15 is 0 Å². The van der Waals surface area contributed by atoms with E-state index in [1.54, 1.807) is 0 Å². The number of carbonyl (C=O) groups is 3. The van der Waals surface area contributed by atoms with Crippen LogP contribution in [0.25, 0.3) is 0 Å². The van der Waals surface area contributed by atoms with Crippen LogP contribution in [0.3, 0.4) is 0 Å². The fraction of sp³-hybridized carbons (Fsp3) is 0.625. The highest BCUT2D eigenvalue weighted by Crippen LogP contribution is 2.09. The smallest absolute Gasteiger partial charge is 0.246 e. The Morgan fingerprint density at radius 1 is 1.64 bits per heavy atom. The van der Waals surface area contributed by atoms with E-state index in [0.717, 1.165) is 4.90 Å². The molecular formula is C8H13N3O3. The van der Waals surface area contributed by atoms with Crippen molar-refractivity contribution in [3.05, 3.63) is 0 Å². The predicted octanol–water partition coefficient (Wildman–Crippen LogP) is -1.79. The number of nitrogens with two attached hydrogens (primary N) is 1. The Morgan fingerprint density at radius 2 is 2.29 bits per heavy atom. The number of carbonyl (C=O) groups excluding carboxylic acids is 3. The minimum atomic E-state index is -0.708. The zero-order valence-corrected chi connectivity index (χ0v) is 7.95. The molecule has 6 nitrogen and oxygen atoms in total. The maximum Gasteiger partial charge on any atom is 0.246 e. The fourth-order valence-electron chi connectivity index (χ4n) is 1.29. The van der Waals surface area contributed by atoms with Crippen LogP contribution in [0.15, 0.2) is 0 Å². The Balaban J connectivity index is 2.41. The molecule has 6 heteroatoms. The Hall–Kier alpha value is -1.43. The van der Waals surface area contributed by atoms with Gasteiger partial charge in [0.15, 0.2) is 0 Å². The number of hydrogen-bond acceptors (Lipinski definition) is 4. The molecule has 1 aliphatic rings. The summed E-state index contributed by atoms with van der Waals surface area (Å²) < 4.78 is 0. The van der Waals surface area contributed by atoms with Gasteiger partial charge in [-0.3, -0.25) is 19.3 Å². The average Bonchev–Trinajstić information content (AvgIpc) is 2.31. The van der Waals surface area contributed by atoms with Gasteiger partial charge in [-0.15, -0.1) is 0 Å². The summed E-state index contributed by atoms with van der Waals surface area (Å²) in [5.41, 5.74) is 5.39. The summed E-state index contributed by atoms with van der Waals surface area (Å²) in [4.78, 5) is 34.0. The topological polar surface area (TPSA) is 92.5 Å². The van der Waals surface area contributed by atoms with Gasteiger partial charge in [0.1, 0.15) is 0 Å². The summed E-state index contributed by atoms with van der Waals surface area (Å²) in [6, 6.07) is -0.708. The first-order chi connectivity index (χ1) is 6.52. The number of hydrogen-bond donors (Lipinski definition) is 2. The molecular weight excluding hydrogens is 186 g/mol. The molecule has 14 heavy (non-hydrogen) atoms. The normalized spacial score (nSPS) is 21.6. The third-order valence-corrected chi connectivity index (χ3v) is 1.99. The molecule has 0 aromatic heterocycles. The zero-order chi connectivity index (χ0) is 10.7. The van der Waals surface area contributed by atoms with Crippen LogP contribution in [-0.2, 0) is 14.4 Å². The molecule has 3 N–H and O–H groups in total. The fourth-order valence-corrected chi connectivity index (χ4v) is 1.29. The number of rotatable bonds is 3. The summed E-state index contributed by atoms with van der Waals surface area (Å²) >= 11 is 0. The van der Waals surface area contributed by atoms with Crippen LogP contribution in [0.1, 0.15) is 13.3 Å². The van der Waals surface area contributed by atoms with E-state index in [1.165, 1.54) is 6.92 Å². The van der Waals surface area contributed by atoms with E-state index in [4.69, 9.17) is 5.73 Å². The maximum atomic E-state index is 11.3. The molecule has 1 rings (SSSR count). The molecule has 1 heterocycles. The zero-order valence-electron chi connectivity index (χ0n) is 7.95. The maximum absolute atomic E-state index is 11.3. The molecule has 1 saturated heterocycles. The lowest BCUT2D eigenvalue weighted by molar-refractivity contribution is -0.139. The van der Waals surface area contributed by atoms with Gasteiger partial charge in [-0.1, -0.05) is 0 Å². The molecule has 3 amide bonds. The number of nitrogens with one attached hydrogen (secondary N) is 1. The van der Waals surface area contributed by atoms with Crippen LogP contribution >= 0.6 is 0 Å². The van der Waals surface area contributed by atoms with Crippen molar-refractivity contribution in [3.63, 3.8) is 0 Å². The van der Waals surface area contributed by atoms with E-state index in [-0.39, 0.29) is 37.2 Å². The molecule has 78 valence electrons. The molecule has 0 bridgehead atoms. The SMILES string of the molecule is CC(=O)NCCN1C(=O)CC(N)C1=O. The van der Waals surface area contributed by atoms with Crippen molar-refractivity contribution in [2.24, 2.45) is 5.73 Å². The van der Waals surface area contributed by atoms with Gasteiger partial charge in [0.05, 0.1) is 12.5 Å². The quantitative estimate of drug-likeness (QED) is 0.525. The van der Waals surface area contributed by atoms with E-state index < -0.39 is 6.04 Å². The van der Waals surface area contributed by atoms with Crippen LogP contribution < -0.4 is 11.1 Å². The monoisotopic (exact) mass is 199 g/mol. The van der Waals surface area contributed by atoms with Gasteiger partial charge in [0.2, 0.25) is 17.7 Å². The highest BCUT2D eigenvalue weighted by molar-refractivity contribution is 6.05. The molecule has 0 aliphatic carbocycles. The van der Waals surface area contributed by atoms with E-state index in [0.29, 0.717) is 0 Å². The summed E-state index contributed by atoms with van der Waals surface area (Å²) in [6.45, 7) is 1.85. The van der Waals surface area contributed by atoms with Gasteiger partial charge in [-0.05, 0) is 0 Å². The predicted molar refractivity (Wildman–Crippen MR) is 48.0 cm³/mol. The lowest BCUT2D eigenvalue weighted by atomic mass is 10.3. The molecule has 0 saturated carbocycles. The molecule has 0 radical (unpaired) electrons. The van der Waals surface area contributed by atoms with Crippen molar-refractivity contribution < 1.29 is 14.4 Å². The number of nitrogens with zero attached hydrogens (tertiary/aromatic N) is 1. The second-order valence-electron chi connectivity index (χ2n) is 3.18. The second kappa shape index (κ2) is 4.19. The van der Waals surface area contributed by atoms with Crippen molar-refractivity contribution in [2.45, 2.75) is 19.4 Å². The summed E-state index contributed by atoms with van der Waals surface area (Å²) in [6.07, 6.45) is 0.0684. The lowest BCUT2D eigenvalue weighted by Gasteiger charge is -2.13. The highest BCUT2D eigenvalue weighted by atomic mass is 16.2. The van der Waals surface area contributed by atoms with Crippen LogP contribution in [0, 0.1) is 0 Å². The van der Waals surface area contributed by atoms with Crippen molar-refractivity contribution in [1.82, 2.24) is 10.2 Å². The molecule has 0 spiro atoms. The van der Waals surface area contributed by atoms with E-state index in [2.05, 4.69) is 5.32 Å². The second-order valence-corrected chi connectivity index (χ2v) is 3.18. The standard InChI is InChI=1S/C8H13N3O3/c1-5(12)10-2-3-11-7(13)4-6(9)8(11)14/h6H,2-4,9H2,1H3,(H,10,12). The minimum Gasteiger partial charge on any atom is -0.355 e.